The molecular formula is C24H21NO5S2. The molecule has 0 saturated heterocycles. The number of carboxylic acids is 1. The number of nitrogens with zero attached hydrogens (tertiary/aromatic N) is 1. The van der Waals surface area contributed by atoms with E-state index in [0.717, 1.165) is 28.6 Å². The number of furan rings is 1. The number of aromatic carboxylic acids is 1. The average molecular weight is 468 g/mol. The maximum Gasteiger partial charge on any atom is 0.335 e. The number of carbonyl (C=O) groups is 2. The van der Waals surface area contributed by atoms with Crippen molar-refractivity contribution in [2.75, 3.05) is 14.2 Å². The predicted octanol–water partition coefficient (Wildman–Crippen LogP) is 5.34. The fraction of sp³-hybridized carbons (Fsp3) is 0.125. The Morgan fingerprint density at radius 1 is 1.16 bits per heavy atom. The summed E-state index contributed by atoms with van der Waals surface area (Å²) in [6, 6.07) is 17.4. The Morgan fingerprint density at radius 3 is 2.56 bits per heavy atom. The summed E-state index contributed by atoms with van der Waals surface area (Å²) in [5.74, 6) is 0.606. The highest BCUT2D eigenvalue weighted by Gasteiger charge is 2.17. The lowest BCUT2D eigenvalue weighted by atomic mass is 10.1. The van der Waals surface area contributed by atoms with Crippen molar-refractivity contribution in [2.45, 2.75) is 6.54 Å². The zero-order chi connectivity index (χ0) is 23.1. The van der Waals surface area contributed by atoms with E-state index in [0.29, 0.717) is 23.0 Å². The third-order valence-corrected chi connectivity index (χ3v) is 5.53. The van der Waals surface area contributed by atoms with Gasteiger partial charge < -0.3 is 19.2 Å². The second kappa shape index (κ2) is 10.8. The lowest BCUT2D eigenvalue weighted by Crippen LogP contribution is -2.26. The van der Waals surface area contributed by atoms with E-state index >= 15 is 0 Å². The molecule has 1 N–H and O–H groups in total. The third kappa shape index (κ3) is 5.87. The SMILES string of the molecule is COc1cccc(CN(C)C(=O)/C(=C/c2ccc(-c3ccc(C(=O)O)cc3)o2)SC=S)c1. The molecule has 1 aromatic heterocycles. The van der Waals surface area contributed by atoms with Crippen molar-refractivity contribution in [3.05, 3.63) is 82.5 Å². The first-order valence-corrected chi connectivity index (χ1v) is 10.9. The van der Waals surface area contributed by atoms with Crippen LogP contribution in [0.1, 0.15) is 21.7 Å². The van der Waals surface area contributed by atoms with Crippen molar-refractivity contribution in [3.63, 3.8) is 0 Å². The van der Waals surface area contributed by atoms with Gasteiger partial charge in [0.15, 0.2) is 0 Å². The fourth-order valence-electron chi connectivity index (χ4n) is 2.99. The lowest BCUT2D eigenvalue weighted by molar-refractivity contribution is -0.125. The van der Waals surface area contributed by atoms with Gasteiger partial charge in [-0.3, -0.25) is 4.79 Å². The number of carboxylic acid groups (broad SMARTS) is 1. The summed E-state index contributed by atoms with van der Waals surface area (Å²) in [6.07, 6.45) is 1.65. The van der Waals surface area contributed by atoms with E-state index < -0.39 is 5.97 Å². The normalized spacial score (nSPS) is 11.1. The molecule has 0 radical (unpaired) electrons. The molecule has 1 amide bonds. The number of thiocarbonyl (C=S) groups is 1. The molecule has 0 spiro atoms. The number of ether oxygens (including phenoxy) is 1. The van der Waals surface area contributed by atoms with Gasteiger partial charge in [0.05, 0.1) is 17.6 Å². The van der Waals surface area contributed by atoms with Crippen LogP contribution < -0.4 is 4.74 Å². The largest absolute Gasteiger partial charge is 0.497 e. The minimum absolute atomic E-state index is 0.192. The maximum atomic E-state index is 13.0. The first kappa shape index (κ1) is 23.3. The van der Waals surface area contributed by atoms with Gasteiger partial charge in [-0.25, -0.2) is 4.79 Å². The molecule has 0 unspecified atom stereocenters. The van der Waals surface area contributed by atoms with Crippen molar-refractivity contribution in [1.82, 2.24) is 4.90 Å². The van der Waals surface area contributed by atoms with Gasteiger partial charge in [0.1, 0.15) is 17.3 Å². The van der Waals surface area contributed by atoms with Gasteiger partial charge in [0, 0.05) is 29.9 Å². The molecule has 3 aromatic rings. The van der Waals surface area contributed by atoms with E-state index in [1.165, 1.54) is 16.8 Å². The third-order valence-electron chi connectivity index (χ3n) is 4.60. The molecule has 0 aliphatic rings. The number of hydrogen-bond acceptors (Lipinski definition) is 6. The van der Waals surface area contributed by atoms with Crippen LogP contribution in [-0.2, 0) is 11.3 Å². The molecule has 164 valence electrons. The number of methoxy groups -OCH3 is 1. The zero-order valence-corrected chi connectivity index (χ0v) is 19.1. The molecule has 32 heavy (non-hydrogen) atoms. The number of carbonyl (C=O) groups excluding carboxylic acids is 1. The van der Waals surface area contributed by atoms with Crippen LogP contribution in [0.5, 0.6) is 5.75 Å². The molecule has 2 aromatic carbocycles. The Balaban J connectivity index is 1.78. The van der Waals surface area contributed by atoms with E-state index in [2.05, 4.69) is 0 Å². The van der Waals surface area contributed by atoms with Crippen LogP contribution in [0.3, 0.4) is 0 Å². The van der Waals surface area contributed by atoms with E-state index in [9.17, 15) is 9.59 Å². The number of amides is 1. The molecule has 0 aliphatic heterocycles. The monoisotopic (exact) mass is 467 g/mol. The molecule has 3 rings (SSSR count). The molecule has 6 nitrogen and oxygen atoms in total. The van der Waals surface area contributed by atoms with Gasteiger partial charge in [0.25, 0.3) is 5.91 Å². The molecule has 0 bridgehead atoms. The van der Waals surface area contributed by atoms with Crippen LogP contribution in [0.15, 0.2) is 70.0 Å². The quantitative estimate of drug-likeness (QED) is 0.336. The highest BCUT2D eigenvalue weighted by atomic mass is 32.2. The first-order valence-electron chi connectivity index (χ1n) is 9.55. The summed E-state index contributed by atoms with van der Waals surface area (Å²) in [6.45, 7) is 0.407. The topological polar surface area (TPSA) is 80.0 Å². The van der Waals surface area contributed by atoms with Crippen molar-refractivity contribution >= 4 is 46.6 Å². The van der Waals surface area contributed by atoms with Gasteiger partial charge in [-0.2, -0.15) is 0 Å². The number of benzene rings is 2. The Hall–Kier alpha value is -3.36. The summed E-state index contributed by atoms with van der Waals surface area (Å²) in [4.78, 5) is 26.1. The Bertz CT molecular complexity index is 1150. The molecular weight excluding hydrogens is 446 g/mol. The summed E-state index contributed by atoms with van der Waals surface area (Å²) in [5, 5.41) is 9.03. The molecule has 1 heterocycles. The second-order valence-electron chi connectivity index (χ2n) is 6.82. The Labute approximate surface area is 195 Å². The minimum atomic E-state index is -0.988. The number of hydrogen-bond donors (Lipinski definition) is 1. The maximum absolute atomic E-state index is 13.0. The summed E-state index contributed by atoms with van der Waals surface area (Å²) in [5.41, 5.74) is 1.88. The van der Waals surface area contributed by atoms with Crippen LogP contribution in [-0.4, -0.2) is 40.7 Å². The van der Waals surface area contributed by atoms with Crippen LogP contribution in [0, 0.1) is 0 Å². The highest BCUT2D eigenvalue weighted by Crippen LogP contribution is 2.27. The average Bonchev–Trinajstić information content (AvgIpc) is 3.27. The van der Waals surface area contributed by atoms with Crippen molar-refractivity contribution in [2.24, 2.45) is 0 Å². The van der Waals surface area contributed by atoms with E-state index in [4.69, 9.17) is 26.5 Å². The smallest absolute Gasteiger partial charge is 0.335 e. The highest BCUT2D eigenvalue weighted by molar-refractivity contribution is 8.24. The van der Waals surface area contributed by atoms with E-state index in [-0.39, 0.29) is 11.5 Å². The second-order valence-corrected chi connectivity index (χ2v) is 8.27. The molecule has 0 atom stereocenters. The summed E-state index contributed by atoms with van der Waals surface area (Å²) >= 11 is 6.10. The van der Waals surface area contributed by atoms with Crippen LogP contribution in [0.25, 0.3) is 17.4 Å². The Morgan fingerprint density at radius 2 is 1.91 bits per heavy atom. The van der Waals surface area contributed by atoms with E-state index in [1.54, 1.807) is 49.4 Å². The van der Waals surface area contributed by atoms with Gasteiger partial charge in [-0.15, -0.1) is 0 Å². The van der Waals surface area contributed by atoms with E-state index in [1.807, 2.05) is 24.3 Å². The molecule has 0 saturated carbocycles. The molecule has 0 aliphatic carbocycles. The van der Waals surface area contributed by atoms with Crippen LogP contribution in [0.4, 0.5) is 0 Å². The van der Waals surface area contributed by atoms with Crippen LogP contribution >= 0.6 is 24.0 Å². The lowest BCUT2D eigenvalue weighted by Gasteiger charge is -2.18. The molecule has 0 fully saturated rings. The predicted molar refractivity (Wildman–Crippen MR) is 130 cm³/mol. The zero-order valence-electron chi connectivity index (χ0n) is 17.5. The summed E-state index contributed by atoms with van der Waals surface area (Å²) < 4.78 is 12.5. The van der Waals surface area contributed by atoms with Crippen molar-refractivity contribution in [3.8, 4) is 17.1 Å². The van der Waals surface area contributed by atoms with Crippen molar-refractivity contribution in [1.29, 1.82) is 0 Å². The van der Waals surface area contributed by atoms with Crippen molar-refractivity contribution < 1.29 is 23.8 Å². The van der Waals surface area contributed by atoms with Gasteiger partial charge in [-0.05, 0) is 42.0 Å². The summed E-state index contributed by atoms with van der Waals surface area (Å²) in [7, 11) is 3.32. The number of likely N-dealkylation sites (N-methyl/N-ethyl adjacent to an activating group) is 1. The minimum Gasteiger partial charge on any atom is -0.497 e. The fourth-order valence-corrected chi connectivity index (χ4v) is 3.85. The number of rotatable bonds is 9. The van der Waals surface area contributed by atoms with Gasteiger partial charge >= 0.3 is 5.97 Å². The number of thioether (sulfide) groups is 1. The molecule has 8 heteroatoms. The van der Waals surface area contributed by atoms with Gasteiger partial charge in [-0.1, -0.05) is 48.2 Å². The van der Waals surface area contributed by atoms with Crippen LogP contribution in [0.2, 0.25) is 0 Å². The first-order chi connectivity index (χ1) is 15.4. The standard InChI is InChI=1S/C24H21NO5S2/c1-25(14-16-4-3-5-19(12-16)29-2)23(26)22(32-15-31)13-20-10-11-21(30-20)17-6-8-18(9-7-17)24(27)28/h3-13,15H,14H2,1-2H3,(H,27,28)/b22-13-. The Kier molecular flexibility index (Phi) is 7.86. The van der Waals surface area contributed by atoms with Gasteiger partial charge in [0.2, 0.25) is 0 Å².